The van der Waals surface area contributed by atoms with Crippen LogP contribution in [0.2, 0.25) is 0 Å². The topological polar surface area (TPSA) is 53.4 Å². The van der Waals surface area contributed by atoms with Crippen LogP contribution >= 0.6 is 0 Å². The molecule has 2 aliphatic rings. The Hall–Kier alpha value is -1.58. The maximum Gasteiger partial charge on any atom is 0.339 e. The first-order valence-corrected chi connectivity index (χ1v) is 6.97. The lowest BCUT2D eigenvalue weighted by molar-refractivity contribution is 0.0697. The molecule has 0 aromatic carbocycles. The summed E-state index contributed by atoms with van der Waals surface area (Å²) in [5, 5.41) is 9.42. The van der Waals surface area contributed by atoms with Crippen LogP contribution in [-0.4, -0.2) is 29.1 Å². The van der Waals surface area contributed by atoms with Gasteiger partial charge in [0.05, 0.1) is 0 Å². The first-order valence-electron chi connectivity index (χ1n) is 6.97. The molecule has 0 unspecified atom stereocenters. The number of carboxylic acid groups (broad SMARTS) is 1. The smallest absolute Gasteiger partial charge is 0.339 e. The molecule has 19 heavy (non-hydrogen) atoms. The number of carboxylic acids is 1. The van der Waals surface area contributed by atoms with E-state index in [4.69, 9.17) is 0 Å². The normalized spacial score (nSPS) is 20.6. The molecule has 2 heterocycles. The summed E-state index contributed by atoms with van der Waals surface area (Å²) in [5.41, 5.74) is 2.85. The van der Waals surface area contributed by atoms with E-state index in [1.54, 1.807) is 0 Å². The van der Waals surface area contributed by atoms with Crippen molar-refractivity contribution in [1.82, 2.24) is 4.98 Å². The van der Waals surface area contributed by atoms with Gasteiger partial charge in [0.1, 0.15) is 11.4 Å². The van der Waals surface area contributed by atoms with Crippen LogP contribution in [0.3, 0.4) is 0 Å². The van der Waals surface area contributed by atoms with Crippen LogP contribution < -0.4 is 4.90 Å². The highest BCUT2D eigenvalue weighted by Gasteiger charge is 2.33. The van der Waals surface area contributed by atoms with E-state index in [2.05, 4.69) is 23.7 Å². The molecule has 1 aromatic heterocycles. The Kier molecular flexibility index (Phi) is 2.77. The second-order valence-corrected chi connectivity index (χ2v) is 6.46. The summed E-state index contributed by atoms with van der Waals surface area (Å²) >= 11 is 0. The second-order valence-electron chi connectivity index (χ2n) is 6.46. The molecule has 0 spiro atoms. The van der Waals surface area contributed by atoms with Crippen LogP contribution in [0.1, 0.15) is 48.3 Å². The predicted molar refractivity (Wildman–Crippen MR) is 73.8 cm³/mol. The van der Waals surface area contributed by atoms with E-state index >= 15 is 0 Å². The van der Waals surface area contributed by atoms with Crippen LogP contribution in [0.5, 0.6) is 0 Å². The van der Waals surface area contributed by atoms with Crippen molar-refractivity contribution in [2.75, 3.05) is 18.0 Å². The van der Waals surface area contributed by atoms with E-state index < -0.39 is 5.97 Å². The molecular formula is C15H20N2O2. The van der Waals surface area contributed by atoms with E-state index in [0.717, 1.165) is 50.0 Å². The minimum Gasteiger partial charge on any atom is -0.478 e. The molecule has 0 bridgehead atoms. The van der Waals surface area contributed by atoms with Crippen LogP contribution in [0.4, 0.5) is 5.82 Å². The SMILES string of the molecule is CC1(C)CCN(c2nc3c(cc2C(=O)O)CCC3)C1. The molecular weight excluding hydrogens is 240 g/mol. The Bertz CT molecular complexity index is 537. The molecule has 4 nitrogen and oxygen atoms in total. The molecule has 1 aliphatic carbocycles. The van der Waals surface area contributed by atoms with E-state index in [1.165, 1.54) is 0 Å². The Labute approximate surface area is 113 Å². The van der Waals surface area contributed by atoms with Crippen molar-refractivity contribution < 1.29 is 9.90 Å². The van der Waals surface area contributed by atoms with Crippen LogP contribution in [0.15, 0.2) is 6.07 Å². The fourth-order valence-electron chi connectivity index (χ4n) is 3.15. The van der Waals surface area contributed by atoms with Crippen molar-refractivity contribution in [3.8, 4) is 0 Å². The monoisotopic (exact) mass is 260 g/mol. The third kappa shape index (κ3) is 2.20. The summed E-state index contributed by atoms with van der Waals surface area (Å²) in [6.45, 7) is 6.24. The zero-order chi connectivity index (χ0) is 13.6. The number of fused-ring (bicyclic) bond motifs is 1. The molecule has 0 radical (unpaired) electrons. The van der Waals surface area contributed by atoms with Gasteiger partial charge in [-0.15, -0.1) is 0 Å². The number of aryl methyl sites for hydroxylation is 2. The number of pyridine rings is 1. The molecule has 1 aliphatic heterocycles. The fourth-order valence-corrected chi connectivity index (χ4v) is 3.15. The van der Waals surface area contributed by atoms with Gasteiger partial charge in [0, 0.05) is 18.8 Å². The van der Waals surface area contributed by atoms with Crippen molar-refractivity contribution in [3.63, 3.8) is 0 Å². The second kappa shape index (κ2) is 4.22. The van der Waals surface area contributed by atoms with E-state index in [0.29, 0.717) is 11.4 Å². The third-order valence-corrected chi connectivity index (χ3v) is 4.24. The summed E-state index contributed by atoms with van der Waals surface area (Å²) in [6, 6.07) is 1.85. The fraction of sp³-hybridized carbons (Fsp3) is 0.600. The molecule has 1 saturated heterocycles. The number of anilines is 1. The number of carbonyl (C=O) groups is 1. The van der Waals surface area contributed by atoms with Gasteiger partial charge in [0.25, 0.3) is 0 Å². The van der Waals surface area contributed by atoms with Gasteiger partial charge >= 0.3 is 5.97 Å². The number of hydrogen-bond donors (Lipinski definition) is 1. The largest absolute Gasteiger partial charge is 0.478 e. The summed E-state index contributed by atoms with van der Waals surface area (Å²) in [4.78, 5) is 18.3. The van der Waals surface area contributed by atoms with Crippen LogP contribution in [0.25, 0.3) is 0 Å². The number of hydrogen-bond acceptors (Lipinski definition) is 3. The molecule has 1 aromatic rings. The van der Waals surface area contributed by atoms with Gasteiger partial charge in [-0.3, -0.25) is 0 Å². The van der Waals surface area contributed by atoms with Crippen molar-refractivity contribution in [2.24, 2.45) is 5.41 Å². The lowest BCUT2D eigenvalue weighted by Gasteiger charge is -2.22. The highest BCUT2D eigenvalue weighted by atomic mass is 16.4. The minimum absolute atomic E-state index is 0.246. The molecule has 3 rings (SSSR count). The molecule has 1 fully saturated rings. The van der Waals surface area contributed by atoms with Crippen molar-refractivity contribution >= 4 is 11.8 Å². The van der Waals surface area contributed by atoms with Crippen LogP contribution in [-0.2, 0) is 12.8 Å². The third-order valence-electron chi connectivity index (χ3n) is 4.24. The van der Waals surface area contributed by atoms with Gasteiger partial charge in [-0.25, -0.2) is 9.78 Å². The molecule has 0 amide bonds. The van der Waals surface area contributed by atoms with Crippen LogP contribution in [0, 0.1) is 5.41 Å². The maximum atomic E-state index is 11.5. The molecule has 0 atom stereocenters. The molecule has 1 N–H and O–H groups in total. The lowest BCUT2D eigenvalue weighted by atomic mass is 9.93. The Morgan fingerprint density at radius 3 is 2.84 bits per heavy atom. The zero-order valence-electron chi connectivity index (χ0n) is 11.6. The summed E-state index contributed by atoms with van der Waals surface area (Å²) in [7, 11) is 0. The highest BCUT2D eigenvalue weighted by Crippen LogP contribution is 2.35. The quantitative estimate of drug-likeness (QED) is 0.887. The van der Waals surface area contributed by atoms with Gasteiger partial charge in [0.15, 0.2) is 0 Å². The first kappa shape index (κ1) is 12.5. The van der Waals surface area contributed by atoms with E-state index in [1.807, 2.05) is 6.07 Å². The number of aromatic carboxylic acids is 1. The number of rotatable bonds is 2. The van der Waals surface area contributed by atoms with Gasteiger partial charge in [-0.1, -0.05) is 13.8 Å². The molecule has 0 saturated carbocycles. The standard InChI is InChI=1S/C15H20N2O2/c1-15(2)6-7-17(9-15)13-11(14(18)19)8-10-4-3-5-12(10)16-13/h8H,3-7,9H2,1-2H3,(H,18,19). The first-order chi connectivity index (χ1) is 8.96. The van der Waals surface area contributed by atoms with Gasteiger partial charge in [-0.05, 0) is 42.7 Å². The average Bonchev–Trinajstić information content (AvgIpc) is 2.92. The Balaban J connectivity index is 2.02. The zero-order valence-corrected chi connectivity index (χ0v) is 11.6. The predicted octanol–water partition coefficient (Wildman–Crippen LogP) is 2.50. The minimum atomic E-state index is -0.859. The summed E-state index contributed by atoms with van der Waals surface area (Å²) < 4.78 is 0. The molecule has 102 valence electrons. The summed E-state index contributed by atoms with van der Waals surface area (Å²) in [5.74, 6) is -0.180. The number of nitrogens with zero attached hydrogens (tertiary/aromatic N) is 2. The summed E-state index contributed by atoms with van der Waals surface area (Å²) in [6.07, 6.45) is 4.13. The molecule has 4 heteroatoms. The van der Waals surface area contributed by atoms with E-state index in [-0.39, 0.29) is 5.41 Å². The maximum absolute atomic E-state index is 11.5. The Morgan fingerprint density at radius 2 is 2.21 bits per heavy atom. The van der Waals surface area contributed by atoms with Gasteiger partial charge in [-0.2, -0.15) is 0 Å². The van der Waals surface area contributed by atoms with Crippen molar-refractivity contribution in [2.45, 2.75) is 39.5 Å². The van der Waals surface area contributed by atoms with Crippen molar-refractivity contribution in [3.05, 3.63) is 22.9 Å². The Morgan fingerprint density at radius 1 is 1.42 bits per heavy atom. The van der Waals surface area contributed by atoms with Gasteiger partial charge < -0.3 is 10.0 Å². The van der Waals surface area contributed by atoms with Crippen molar-refractivity contribution in [1.29, 1.82) is 0 Å². The lowest BCUT2D eigenvalue weighted by Crippen LogP contribution is -2.26. The van der Waals surface area contributed by atoms with Gasteiger partial charge in [0.2, 0.25) is 0 Å². The van der Waals surface area contributed by atoms with E-state index in [9.17, 15) is 9.90 Å². The average molecular weight is 260 g/mol. The number of aromatic nitrogens is 1. The highest BCUT2D eigenvalue weighted by molar-refractivity contribution is 5.93.